The number of nitrogens with zero attached hydrogens (tertiary/aromatic N) is 1. The first-order valence-corrected chi connectivity index (χ1v) is 4.06. The van der Waals surface area contributed by atoms with Gasteiger partial charge >= 0.3 is 0 Å². The van der Waals surface area contributed by atoms with Crippen molar-refractivity contribution in [2.75, 3.05) is 27.3 Å². The van der Waals surface area contributed by atoms with Gasteiger partial charge in [-0.1, -0.05) is 0 Å². The Morgan fingerprint density at radius 2 is 2.30 bits per heavy atom. The van der Waals surface area contributed by atoms with E-state index in [4.69, 9.17) is 9.29 Å². The van der Waals surface area contributed by atoms with Crippen LogP contribution < -0.4 is 0 Å². The molecule has 0 bridgehead atoms. The molecule has 0 aromatic carbocycles. The summed E-state index contributed by atoms with van der Waals surface area (Å²) < 4.78 is 24.9. The van der Waals surface area contributed by atoms with Crippen LogP contribution in [-0.2, 0) is 16.0 Å². The molecule has 0 saturated carbocycles. The van der Waals surface area contributed by atoms with Crippen molar-refractivity contribution in [2.45, 2.75) is 6.42 Å². The van der Waals surface area contributed by atoms with E-state index in [9.17, 15) is 4.21 Å². The summed E-state index contributed by atoms with van der Waals surface area (Å²) in [5.74, 6) is 0. The van der Waals surface area contributed by atoms with E-state index in [1.54, 1.807) is 14.2 Å². The second kappa shape index (κ2) is 5.79. The SMILES string of the molecule is COCCCN(C)S(=O)O. The van der Waals surface area contributed by atoms with Crippen molar-refractivity contribution >= 4 is 11.3 Å². The summed E-state index contributed by atoms with van der Waals surface area (Å²) in [6.45, 7) is 1.21. The van der Waals surface area contributed by atoms with Gasteiger partial charge in [0.1, 0.15) is 0 Å². The number of hydrogen-bond donors (Lipinski definition) is 1. The Labute approximate surface area is 63.6 Å². The van der Waals surface area contributed by atoms with Crippen LogP contribution in [0.1, 0.15) is 6.42 Å². The largest absolute Gasteiger partial charge is 0.385 e. The maximum atomic E-state index is 10.3. The lowest BCUT2D eigenvalue weighted by atomic mass is 10.5. The Kier molecular flexibility index (Phi) is 5.81. The molecule has 0 rings (SSSR count). The van der Waals surface area contributed by atoms with Gasteiger partial charge < -0.3 is 4.74 Å². The second-order valence-electron chi connectivity index (χ2n) is 1.93. The number of rotatable bonds is 5. The van der Waals surface area contributed by atoms with Crippen molar-refractivity contribution in [2.24, 2.45) is 0 Å². The lowest BCUT2D eigenvalue weighted by molar-refractivity contribution is 0.189. The summed E-state index contributed by atoms with van der Waals surface area (Å²) in [6.07, 6.45) is 0.777. The summed E-state index contributed by atoms with van der Waals surface area (Å²) in [7, 11) is 3.20. The quantitative estimate of drug-likeness (QED) is 0.466. The topological polar surface area (TPSA) is 49.8 Å². The monoisotopic (exact) mass is 167 g/mol. The minimum Gasteiger partial charge on any atom is -0.385 e. The van der Waals surface area contributed by atoms with Crippen LogP contribution >= 0.6 is 0 Å². The van der Waals surface area contributed by atoms with Crippen molar-refractivity contribution in [3.63, 3.8) is 0 Å². The van der Waals surface area contributed by atoms with E-state index in [1.807, 2.05) is 0 Å². The minimum atomic E-state index is -1.84. The van der Waals surface area contributed by atoms with Gasteiger partial charge in [-0.05, 0) is 6.42 Å². The summed E-state index contributed by atoms with van der Waals surface area (Å²) in [5.41, 5.74) is 0. The van der Waals surface area contributed by atoms with Gasteiger partial charge in [0.2, 0.25) is 11.3 Å². The second-order valence-corrected chi connectivity index (χ2v) is 3.01. The molecule has 0 radical (unpaired) electrons. The molecular formula is C5H13NO3S. The molecule has 1 unspecified atom stereocenters. The van der Waals surface area contributed by atoms with Crippen LogP contribution in [0.2, 0.25) is 0 Å². The van der Waals surface area contributed by atoms with E-state index in [1.165, 1.54) is 4.31 Å². The molecule has 0 fully saturated rings. The van der Waals surface area contributed by atoms with Gasteiger partial charge in [-0.2, -0.15) is 0 Å². The average Bonchev–Trinajstić information content (AvgIpc) is 1.88. The van der Waals surface area contributed by atoms with Crippen LogP contribution in [0.25, 0.3) is 0 Å². The fourth-order valence-electron chi connectivity index (χ4n) is 0.510. The van der Waals surface area contributed by atoms with E-state index >= 15 is 0 Å². The van der Waals surface area contributed by atoms with Gasteiger partial charge in [0, 0.05) is 27.3 Å². The Morgan fingerprint density at radius 1 is 1.70 bits per heavy atom. The summed E-state index contributed by atoms with van der Waals surface area (Å²) >= 11 is -1.84. The zero-order valence-electron chi connectivity index (χ0n) is 6.24. The fourth-order valence-corrected chi connectivity index (χ4v) is 0.795. The predicted octanol–water partition coefficient (Wildman–Crippen LogP) is 0.0914. The Bertz CT molecular complexity index is 109. The molecule has 0 aliphatic rings. The molecule has 0 aromatic heterocycles. The van der Waals surface area contributed by atoms with E-state index in [0.717, 1.165) is 6.42 Å². The van der Waals surface area contributed by atoms with Crippen molar-refractivity contribution in [1.29, 1.82) is 0 Å². The van der Waals surface area contributed by atoms with E-state index in [0.29, 0.717) is 13.2 Å². The molecule has 5 heteroatoms. The molecule has 1 N–H and O–H groups in total. The third-order valence-corrected chi connectivity index (χ3v) is 1.80. The summed E-state index contributed by atoms with van der Waals surface area (Å²) in [4.78, 5) is 0. The molecule has 62 valence electrons. The molecule has 0 amide bonds. The first-order valence-electron chi connectivity index (χ1n) is 2.99. The zero-order valence-corrected chi connectivity index (χ0v) is 7.06. The lowest BCUT2D eigenvalue weighted by Gasteiger charge is -2.09. The summed E-state index contributed by atoms with van der Waals surface area (Å²) in [6, 6.07) is 0. The van der Waals surface area contributed by atoms with Gasteiger partial charge in [0.15, 0.2) is 0 Å². The highest BCUT2D eigenvalue weighted by molar-refractivity contribution is 7.76. The maximum Gasteiger partial charge on any atom is 0.234 e. The average molecular weight is 167 g/mol. The maximum absolute atomic E-state index is 10.3. The van der Waals surface area contributed by atoms with E-state index < -0.39 is 11.3 Å². The highest BCUT2D eigenvalue weighted by Gasteiger charge is 2.01. The highest BCUT2D eigenvalue weighted by atomic mass is 32.2. The Hall–Kier alpha value is 0.0300. The first-order chi connectivity index (χ1) is 4.68. The fraction of sp³-hybridized carbons (Fsp3) is 1.00. The van der Waals surface area contributed by atoms with Crippen molar-refractivity contribution in [1.82, 2.24) is 4.31 Å². The Balaban J connectivity index is 3.21. The normalized spacial score (nSPS) is 14.0. The van der Waals surface area contributed by atoms with Gasteiger partial charge in [0.25, 0.3) is 0 Å². The van der Waals surface area contributed by atoms with Crippen LogP contribution in [0, 0.1) is 0 Å². The zero-order chi connectivity index (χ0) is 7.98. The van der Waals surface area contributed by atoms with Crippen molar-refractivity contribution in [3.05, 3.63) is 0 Å². The lowest BCUT2D eigenvalue weighted by Crippen LogP contribution is -2.22. The molecule has 10 heavy (non-hydrogen) atoms. The molecule has 0 aromatic rings. The van der Waals surface area contributed by atoms with Crippen LogP contribution in [-0.4, -0.2) is 40.4 Å². The molecule has 0 spiro atoms. The Morgan fingerprint density at radius 3 is 2.70 bits per heavy atom. The van der Waals surface area contributed by atoms with Crippen LogP contribution in [0.15, 0.2) is 0 Å². The van der Waals surface area contributed by atoms with Crippen LogP contribution in [0.5, 0.6) is 0 Å². The molecule has 0 saturated heterocycles. The third kappa shape index (κ3) is 4.87. The molecular weight excluding hydrogens is 154 g/mol. The number of methoxy groups -OCH3 is 1. The smallest absolute Gasteiger partial charge is 0.234 e. The standard InChI is InChI=1S/C5H13NO3S/c1-6(10(7)8)4-3-5-9-2/h3-5H2,1-2H3,(H,7,8). The minimum absolute atomic E-state index is 0.580. The molecule has 0 aliphatic heterocycles. The van der Waals surface area contributed by atoms with Crippen molar-refractivity contribution < 1.29 is 13.5 Å². The molecule has 0 aliphatic carbocycles. The third-order valence-electron chi connectivity index (χ3n) is 1.09. The van der Waals surface area contributed by atoms with Gasteiger partial charge in [-0.15, -0.1) is 0 Å². The van der Waals surface area contributed by atoms with Crippen LogP contribution in [0.3, 0.4) is 0 Å². The summed E-state index contributed by atoms with van der Waals surface area (Å²) in [5, 5.41) is 0. The number of ether oxygens (including phenoxy) is 1. The van der Waals surface area contributed by atoms with Crippen molar-refractivity contribution in [3.8, 4) is 0 Å². The van der Waals surface area contributed by atoms with Gasteiger partial charge in [-0.3, -0.25) is 4.55 Å². The van der Waals surface area contributed by atoms with Crippen LogP contribution in [0.4, 0.5) is 0 Å². The van der Waals surface area contributed by atoms with Gasteiger partial charge in [-0.25, -0.2) is 8.51 Å². The number of hydrogen-bond acceptors (Lipinski definition) is 2. The molecule has 0 heterocycles. The molecule has 1 atom stereocenters. The first kappa shape index (κ1) is 10.0. The van der Waals surface area contributed by atoms with E-state index in [2.05, 4.69) is 0 Å². The van der Waals surface area contributed by atoms with Gasteiger partial charge in [0.05, 0.1) is 0 Å². The van der Waals surface area contributed by atoms with E-state index in [-0.39, 0.29) is 0 Å². The predicted molar refractivity (Wildman–Crippen MR) is 39.9 cm³/mol. The molecule has 4 nitrogen and oxygen atoms in total. The highest BCUT2D eigenvalue weighted by Crippen LogP contribution is 1.89.